The van der Waals surface area contributed by atoms with Gasteiger partial charge in [0, 0.05) is 50.7 Å². The molecule has 1 fully saturated rings. The summed E-state index contributed by atoms with van der Waals surface area (Å²) in [6, 6.07) is 13.6. The highest BCUT2D eigenvalue weighted by atomic mass is 16.5. The van der Waals surface area contributed by atoms with E-state index in [0.29, 0.717) is 24.7 Å². The van der Waals surface area contributed by atoms with Gasteiger partial charge in [-0.05, 0) is 36.2 Å². The molecular formula is C24H28N4O3. The molecule has 3 heterocycles. The molecule has 162 valence electrons. The summed E-state index contributed by atoms with van der Waals surface area (Å²) in [5.74, 6) is 0.586. The van der Waals surface area contributed by atoms with Gasteiger partial charge in [-0.15, -0.1) is 0 Å². The summed E-state index contributed by atoms with van der Waals surface area (Å²) in [5, 5.41) is 0. The SMILES string of the molecule is O=C(Cc1coc(-c2ccccc2)n1)N(CCCN1CCOCC1)Cc1ccncc1. The molecule has 7 nitrogen and oxygen atoms in total. The number of rotatable bonds is 9. The summed E-state index contributed by atoms with van der Waals surface area (Å²) >= 11 is 0. The van der Waals surface area contributed by atoms with Gasteiger partial charge in [0.1, 0.15) is 6.26 Å². The van der Waals surface area contributed by atoms with Gasteiger partial charge in [0.25, 0.3) is 0 Å². The average molecular weight is 421 g/mol. The van der Waals surface area contributed by atoms with Gasteiger partial charge in [-0.2, -0.15) is 0 Å². The van der Waals surface area contributed by atoms with Crippen molar-refractivity contribution in [1.29, 1.82) is 0 Å². The van der Waals surface area contributed by atoms with Crippen molar-refractivity contribution in [1.82, 2.24) is 19.8 Å². The molecule has 7 heteroatoms. The number of hydrogen-bond acceptors (Lipinski definition) is 6. The second kappa shape index (κ2) is 10.8. The van der Waals surface area contributed by atoms with Crippen molar-refractivity contribution in [2.45, 2.75) is 19.4 Å². The maximum atomic E-state index is 13.1. The molecule has 1 aromatic carbocycles. The first-order valence-electron chi connectivity index (χ1n) is 10.7. The predicted octanol–water partition coefficient (Wildman–Crippen LogP) is 3.03. The molecule has 31 heavy (non-hydrogen) atoms. The highest BCUT2D eigenvalue weighted by molar-refractivity contribution is 5.78. The topological polar surface area (TPSA) is 71.7 Å². The Hall–Kier alpha value is -3.03. The quantitative estimate of drug-likeness (QED) is 0.530. The summed E-state index contributed by atoms with van der Waals surface area (Å²) in [5.41, 5.74) is 2.62. The van der Waals surface area contributed by atoms with Crippen LogP contribution in [0.3, 0.4) is 0 Å². The summed E-state index contributed by atoms with van der Waals surface area (Å²) in [6.45, 7) is 5.71. The van der Waals surface area contributed by atoms with Crippen LogP contribution in [0, 0.1) is 0 Å². The molecule has 0 radical (unpaired) electrons. The first kappa shape index (κ1) is 21.2. The summed E-state index contributed by atoms with van der Waals surface area (Å²) in [4.78, 5) is 26.0. The van der Waals surface area contributed by atoms with Crippen LogP contribution in [0.4, 0.5) is 0 Å². The van der Waals surface area contributed by atoms with Crippen molar-refractivity contribution in [3.8, 4) is 11.5 Å². The largest absolute Gasteiger partial charge is 0.444 e. The zero-order valence-electron chi connectivity index (χ0n) is 17.7. The van der Waals surface area contributed by atoms with E-state index >= 15 is 0 Å². The van der Waals surface area contributed by atoms with Gasteiger partial charge in [0.2, 0.25) is 11.8 Å². The van der Waals surface area contributed by atoms with E-state index in [-0.39, 0.29) is 12.3 Å². The van der Waals surface area contributed by atoms with Crippen LogP contribution in [-0.4, -0.2) is 65.1 Å². The lowest BCUT2D eigenvalue weighted by Gasteiger charge is -2.28. The van der Waals surface area contributed by atoms with Crippen LogP contribution in [0.2, 0.25) is 0 Å². The summed E-state index contributed by atoms with van der Waals surface area (Å²) in [6.07, 6.45) is 6.24. The Balaban J connectivity index is 1.38. The number of ether oxygens (including phenoxy) is 1. The Labute approximate surface area is 182 Å². The van der Waals surface area contributed by atoms with Gasteiger partial charge in [0.15, 0.2) is 0 Å². The first-order valence-corrected chi connectivity index (χ1v) is 10.7. The highest BCUT2D eigenvalue weighted by Gasteiger charge is 2.18. The van der Waals surface area contributed by atoms with Crippen molar-refractivity contribution < 1.29 is 13.9 Å². The van der Waals surface area contributed by atoms with Crippen LogP contribution >= 0.6 is 0 Å². The van der Waals surface area contributed by atoms with Crippen molar-refractivity contribution in [3.05, 3.63) is 72.4 Å². The standard InChI is InChI=1S/C24H28N4O3/c29-23(17-22-19-31-24(26-22)21-5-2-1-3-6-21)28(18-20-7-9-25-10-8-20)12-4-11-27-13-15-30-16-14-27/h1-3,5-10,19H,4,11-18H2. The molecule has 0 aliphatic carbocycles. The predicted molar refractivity (Wildman–Crippen MR) is 117 cm³/mol. The van der Waals surface area contributed by atoms with Crippen LogP contribution in [-0.2, 0) is 22.5 Å². The average Bonchev–Trinajstić information content (AvgIpc) is 3.29. The number of morpholine rings is 1. The second-order valence-electron chi connectivity index (χ2n) is 7.67. The van der Waals surface area contributed by atoms with Gasteiger partial charge in [-0.1, -0.05) is 18.2 Å². The van der Waals surface area contributed by atoms with Crippen molar-refractivity contribution in [2.24, 2.45) is 0 Å². The molecule has 0 atom stereocenters. The molecule has 1 amide bonds. The lowest BCUT2D eigenvalue weighted by Crippen LogP contribution is -2.39. The Morgan fingerprint density at radius 1 is 1.06 bits per heavy atom. The van der Waals surface area contributed by atoms with Crippen LogP contribution in [0.1, 0.15) is 17.7 Å². The molecule has 0 spiro atoms. The number of carbonyl (C=O) groups is 1. The van der Waals surface area contributed by atoms with E-state index in [1.807, 2.05) is 47.4 Å². The van der Waals surface area contributed by atoms with E-state index in [1.54, 1.807) is 18.7 Å². The summed E-state index contributed by atoms with van der Waals surface area (Å²) in [7, 11) is 0. The Kier molecular flexibility index (Phi) is 7.41. The molecule has 1 aliphatic rings. The number of oxazole rings is 1. The maximum Gasteiger partial charge on any atom is 0.229 e. The molecule has 0 bridgehead atoms. The molecule has 3 aromatic rings. The lowest BCUT2D eigenvalue weighted by atomic mass is 10.2. The maximum absolute atomic E-state index is 13.1. The Morgan fingerprint density at radius 3 is 2.61 bits per heavy atom. The molecule has 0 unspecified atom stereocenters. The van der Waals surface area contributed by atoms with Crippen LogP contribution < -0.4 is 0 Å². The Bertz CT molecular complexity index is 940. The number of nitrogens with zero attached hydrogens (tertiary/aromatic N) is 4. The van der Waals surface area contributed by atoms with Crippen LogP contribution in [0.15, 0.2) is 65.5 Å². The lowest BCUT2D eigenvalue weighted by molar-refractivity contribution is -0.131. The number of amides is 1. The Morgan fingerprint density at radius 2 is 1.84 bits per heavy atom. The second-order valence-corrected chi connectivity index (χ2v) is 7.67. The van der Waals surface area contributed by atoms with Crippen LogP contribution in [0.25, 0.3) is 11.5 Å². The van der Waals surface area contributed by atoms with E-state index in [4.69, 9.17) is 9.15 Å². The number of benzene rings is 1. The number of pyridine rings is 1. The monoisotopic (exact) mass is 420 g/mol. The van der Waals surface area contributed by atoms with Gasteiger partial charge in [-0.3, -0.25) is 14.7 Å². The molecule has 1 saturated heterocycles. The summed E-state index contributed by atoms with van der Waals surface area (Å²) < 4.78 is 11.0. The molecular weight excluding hydrogens is 392 g/mol. The van der Waals surface area contributed by atoms with E-state index in [2.05, 4.69) is 14.9 Å². The third kappa shape index (κ3) is 6.23. The zero-order valence-corrected chi connectivity index (χ0v) is 17.7. The van der Waals surface area contributed by atoms with Crippen molar-refractivity contribution >= 4 is 5.91 Å². The van der Waals surface area contributed by atoms with Gasteiger partial charge in [0.05, 0.1) is 25.3 Å². The molecule has 4 rings (SSSR count). The minimum atomic E-state index is 0.0479. The smallest absolute Gasteiger partial charge is 0.229 e. The minimum absolute atomic E-state index is 0.0479. The fraction of sp³-hybridized carbons (Fsp3) is 0.375. The molecule has 1 aliphatic heterocycles. The van der Waals surface area contributed by atoms with Gasteiger partial charge in [-0.25, -0.2) is 4.98 Å². The van der Waals surface area contributed by atoms with E-state index in [1.165, 1.54) is 0 Å². The molecule has 0 N–H and O–H groups in total. The highest BCUT2D eigenvalue weighted by Crippen LogP contribution is 2.18. The van der Waals surface area contributed by atoms with Gasteiger partial charge < -0.3 is 14.1 Å². The fourth-order valence-corrected chi connectivity index (χ4v) is 3.68. The van der Waals surface area contributed by atoms with Crippen LogP contribution in [0.5, 0.6) is 0 Å². The molecule has 2 aromatic heterocycles. The fourth-order valence-electron chi connectivity index (χ4n) is 3.68. The third-order valence-electron chi connectivity index (χ3n) is 5.39. The number of hydrogen-bond donors (Lipinski definition) is 0. The van der Waals surface area contributed by atoms with E-state index < -0.39 is 0 Å². The number of carbonyl (C=O) groups excluding carboxylic acids is 1. The van der Waals surface area contributed by atoms with E-state index in [9.17, 15) is 4.79 Å². The van der Waals surface area contributed by atoms with Gasteiger partial charge >= 0.3 is 0 Å². The minimum Gasteiger partial charge on any atom is -0.444 e. The van der Waals surface area contributed by atoms with Crippen molar-refractivity contribution in [3.63, 3.8) is 0 Å². The normalized spacial score (nSPS) is 14.5. The third-order valence-corrected chi connectivity index (χ3v) is 5.39. The zero-order chi connectivity index (χ0) is 21.3. The molecule has 0 saturated carbocycles. The number of aromatic nitrogens is 2. The first-order chi connectivity index (χ1) is 15.3. The van der Waals surface area contributed by atoms with E-state index in [0.717, 1.165) is 50.4 Å². The van der Waals surface area contributed by atoms with Crippen molar-refractivity contribution in [2.75, 3.05) is 39.4 Å².